The molecule has 0 unspecified atom stereocenters. The van der Waals surface area contributed by atoms with Crippen molar-refractivity contribution in [2.75, 3.05) is 24.5 Å². The molecule has 0 bridgehead atoms. The van der Waals surface area contributed by atoms with E-state index < -0.39 is 10.0 Å². The van der Waals surface area contributed by atoms with E-state index in [2.05, 4.69) is 21.9 Å². The minimum atomic E-state index is -3.41. The average Bonchev–Trinajstić information content (AvgIpc) is 3.16. The number of likely N-dealkylation sites (N-methyl/N-ethyl adjacent to an activating group) is 1. The van der Waals surface area contributed by atoms with Gasteiger partial charge in [0.05, 0.1) is 11.7 Å². The van der Waals surface area contributed by atoms with Gasteiger partial charge in [-0.3, -0.25) is 0 Å². The quantitative estimate of drug-likeness (QED) is 0.819. The number of hydrogen-bond acceptors (Lipinski definition) is 4. The van der Waals surface area contributed by atoms with E-state index in [0.29, 0.717) is 10.9 Å². The lowest BCUT2D eigenvalue weighted by molar-refractivity contribution is 0.416. The lowest BCUT2D eigenvalue weighted by atomic mass is 10.1. The number of nitrogens with one attached hydrogen (secondary N) is 2. The summed E-state index contributed by atoms with van der Waals surface area (Å²) in [6, 6.07) is 7.82. The topological polar surface area (TPSA) is 61.4 Å². The number of sulfonamides is 1. The van der Waals surface area contributed by atoms with E-state index in [1.54, 1.807) is 12.1 Å². The molecule has 0 amide bonds. The van der Waals surface area contributed by atoms with Gasteiger partial charge in [-0.25, -0.2) is 13.1 Å². The monoisotopic (exact) mass is 295 g/mol. The van der Waals surface area contributed by atoms with Crippen LogP contribution < -0.4 is 14.9 Å². The average molecular weight is 295 g/mol. The van der Waals surface area contributed by atoms with Crippen molar-refractivity contribution in [2.24, 2.45) is 0 Å². The Labute approximate surface area is 120 Å². The van der Waals surface area contributed by atoms with Gasteiger partial charge in [-0.05, 0) is 31.9 Å². The van der Waals surface area contributed by atoms with E-state index in [1.165, 1.54) is 0 Å². The van der Waals surface area contributed by atoms with Crippen LogP contribution in [0.5, 0.6) is 0 Å². The highest BCUT2D eigenvalue weighted by atomic mass is 32.2. The van der Waals surface area contributed by atoms with E-state index in [4.69, 9.17) is 0 Å². The number of benzene rings is 1. The van der Waals surface area contributed by atoms with Crippen LogP contribution >= 0.6 is 0 Å². The Balaban J connectivity index is 1.94. The smallest absolute Gasteiger partial charge is 0.242 e. The SMILES string of the molecule is CCN(c1ccccc1S(=O)(=O)NC1CC1)C1CNC1. The number of anilines is 1. The highest BCUT2D eigenvalue weighted by Crippen LogP contribution is 2.29. The molecule has 1 aliphatic carbocycles. The molecule has 0 atom stereocenters. The van der Waals surface area contributed by atoms with Crippen molar-refractivity contribution in [2.45, 2.75) is 36.7 Å². The molecule has 1 aromatic rings. The van der Waals surface area contributed by atoms with E-state index in [9.17, 15) is 8.42 Å². The first kappa shape index (κ1) is 13.9. The molecule has 5 nitrogen and oxygen atoms in total. The van der Waals surface area contributed by atoms with Crippen molar-refractivity contribution in [1.82, 2.24) is 10.0 Å². The van der Waals surface area contributed by atoms with E-state index in [0.717, 1.165) is 38.2 Å². The van der Waals surface area contributed by atoms with Crippen molar-refractivity contribution in [1.29, 1.82) is 0 Å². The fourth-order valence-electron chi connectivity index (χ4n) is 2.52. The van der Waals surface area contributed by atoms with Crippen LogP contribution in [0.15, 0.2) is 29.2 Å². The molecule has 110 valence electrons. The third-order valence-electron chi connectivity index (χ3n) is 3.90. The summed E-state index contributed by atoms with van der Waals surface area (Å²) in [5.41, 5.74) is 0.814. The second-order valence-corrected chi connectivity index (χ2v) is 7.14. The third kappa shape index (κ3) is 2.68. The Morgan fingerprint density at radius 3 is 2.55 bits per heavy atom. The second kappa shape index (κ2) is 5.35. The zero-order valence-electron chi connectivity index (χ0n) is 11.7. The van der Waals surface area contributed by atoms with Gasteiger partial charge in [0, 0.05) is 25.7 Å². The maximum absolute atomic E-state index is 12.5. The molecule has 2 aliphatic rings. The maximum Gasteiger partial charge on any atom is 0.242 e. The van der Waals surface area contributed by atoms with E-state index >= 15 is 0 Å². The fraction of sp³-hybridized carbons (Fsp3) is 0.571. The molecule has 0 radical (unpaired) electrons. The van der Waals surface area contributed by atoms with E-state index in [-0.39, 0.29) is 6.04 Å². The van der Waals surface area contributed by atoms with Crippen molar-refractivity contribution >= 4 is 15.7 Å². The molecule has 2 N–H and O–H groups in total. The van der Waals surface area contributed by atoms with Gasteiger partial charge in [-0.1, -0.05) is 12.1 Å². The Kier molecular flexibility index (Phi) is 3.70. The van der Waals surface area contributed by atoms with Crippen molar-refractivity contribution in [3.05, 3.63) is 24.3 Å². The summed E-state index contributed by atoms with van der Waals surface area (Å²) in [5.74, 6) is 0. The molecule has 0 aromatic heterocycles. The molecular formula is C14H21N3O2S. The molecule has 2 fully saturated rings. The summed E-state index contributed by atoms with van der Waals surface area (Å²) in [7, 11) is -3.41. The largest absolute Gasteiger partial charge is 0.365 e. The van der Waals surface area contributed by atoms with Gasteiger partial charge in [0.1, 0.15) is 4.90 Å². The first-order valence-corrected chi connectivity index (χ1v) is 8.69. The predicted octanol–water partition coefficient (Wildman–Crippen LogP) is 0.925. The summed E-state index contributed by atoms with van der Waals surface area (Å²) < 4.78 is 27.8. The predicted molar refractivity (Wildman–Crippen MR) is 79.5 cm³/mol. The summed E-state index contributed by atoms with van der Waals surface area (Å²) in [6.07, 6.45) is 1.90. The fourth-order valence-corrected chi connectivity index (χ4v) is 4.04. The van der Waals surface area contributed by atoms with Crippen LogP contribution in [0, 0.1) is 0 Å². The summed E-state index contributed by atoms with van der Waals surface area (Å²) in [6.45, 7) is 4.70. The Morgan fingerprint density at radius 1 is 1.30 bits per heavy atom. The van der Waals surface area contributed by atoms with Gasteiger partial charge in [0.15, 0.2) is 0 Å². The molecule has 1 saturated carbocycles. The van der Waals surface area contributed by atoms with Crippen LogP contribution in [0.2, 0.25) is 0 Å². The van der Waals surface area contributed by atoms with Gasteiger partial charge in [0.2, 0.25) is 10.0 Å². The van der Waals surface area contributed by atoms with Crippen LogP contribution in [0.3, 0.4) is 0 Å². The first-order valence-electron chi connectivity index (χ1n) is 7.20. The van der Waals surface area contributed by atoms with Crippen LogP contribution in [0.1, 0.15) is 19.8 Å². The van der Waals surface area contributed by atoms with Crippen LogP contribution in [-0.4, -0.2) is 40.1 Å². The molecule has 1 aliphatic heterocycles. The van der Waals surface area contributed by atoms with Crippen LogP contribution in [-0.2, 0) is 10.0 Å². The molecule has 20 heavy (non-hydrogen) atoms. The van der Waals surface area contributed by atoms with Gasteiger partial charge >= 0.3 is 0 Å². The zero-order valence-corrected chi connectivity index (χ0v) is 12.5. The normalized spacial score (nSPS) is 19.6. The van der Waals surface area contributed by atoms with Crippen LogP contribution in [0.25, 0.3) is 0 Å². The zero-order chi connectivity index (χ0) is 14.2. The van der Waals surface area contributed by atoms with Crippen molar-refractivity contribution in [3.63, 3.8) is 0 Å². The molecule has 6 heteroatoms. The highest BCUT2D eigenvalue weighted by molar-refractivity contribution is 7.89. The molecule has 3 rings (SSSR count). The van der Waals surface area contributed by atoms with Gasteiger partial charge in [0.25, 0.3) is 0 Å². The molecule has 1 saturated heterocycles. The second-order valence-electron chi connectivity index (χ2n) is 5.46. The number of para-hydroxylation sites is 1. The molecule has 1 heterocycles. The Morgan fingerprint density at radius 2 is 2.00 bits per heavy atom. The minimum absolute atomic E-state index is 0.133. The van der Waals surface area contributed by atoms with Crippen molar-refractivity contribution < 1.29 is 8.42 Å². The standard InChI is InChI=1S/C14H21N3O2S/c1-2-17(12-9-15-10-12)13-5-3-4-6-14(13)20(18,19)16-11-7-8-11/h3-6,11-12,15-16H,2,7-10H2,1H3. The first-order chi connectivity index (χ1) is 9.62. The molecule has 1 aromatic carbocycles. The highest BCUT2D eigenvalue weighted by Gasteiger charge is 2.32. The number of hydrogen-bond donors (Lipinski definition) is 2. The Bertz CT molecular complexity index is 580. The lowest BCUT2D eigenvalue weighted by Crippen LogP contribution is -2.57. The van der Waals surface area contributed by atoms with Crippen LogP contribution in [0.4, 0.5) is 5.69 Å². The maximum atomic E-state index is 12.5. The summed E-state index contributed by atoms with van der Waals surface area (Å²) in [5, 5.41) is 3.24. The van der Waals surface area contributed by atoms with Gasteiger partial charge in [-0.15, -0.1) is 0 Å². The van der Waals surface area contributed by atoms with E-state index in [1.807, 2.05) is 12.1 Å². The van der Waals surface area contributed by atoms with Gasteiger partial charge in [-0.2, -0.15) is 0 Å². The van der Waals surface area contributed by atoms with Gasteiger partial charge < -0.3 is 10.2 Å². The molecular weight excluding hydrogens is 274 g/mol. The Hall–Kier alpha value is -1.11. The number of nitrogens with zero attached hydrogens (tertiary/aromatic N) is 1. The molecule has 0 spiro atoms. The number of rotatable bonds is 6. The third-order valence-corrected chi connectivity index (χ3v) is 5.47. The minimum Gasteiger partial charge on any atom is -0.365 e. The summed E-state index contributed by atoms with van der Waals surface area (Å²) >= 11 is 0. The summed E-state index contributed by atoms with van der Waals surface area (Å²) in [4.78, 5) is 2.58. The lowest BCUT2D eigenvalue weighted by Gasteiger charge is -2.40. The van der Waals surface area contributed by atoms with Crippen molar-refractivity contribution in [3.8, 4) is 0 Å².